The maximum absolute atomic E-state index is 9.19. The quantitative estimate of drug-likeness (QED) is 0.640. The summed E-state index contributed by atoms with van der Waals surface area (Å²) in [5.41, 5.74) is 3.67. The SMILES string of the molecule is C=CCc1ccccc1O.c1ccc(Cc2ccccc2)cc1. The first kappa shape index (κ1) is 16.6. The zero-order valence-electron chi connectivity index (χ0n) is 13.2. The number of hydrogen-bond acceptors (Lipinski definition) is 1. The molecule has 0 aliphatic carbocycles. The third-order valence-corrected chi connectivity index (χ3v) is 3.45. The molecule has 1 nitrogen and oxygen atoms in total. The molecule has 1 N–H and O–H groups in total. The summed E-state index contributed by atoms with van der Waals surface area (Å²) in [7, 11) is 0. The van der Waals surface area contributed by atoms with Gasteiger partial charge in [-0.3, -0.25) is 0 Å². The Hall–Kier alpha value is -2.80. The second-order valence-electron chi connectivity index (χ2n) is 5.27. The van der Waals surface area contributed by atoms with Crippen LogP contribution in [0.4, 0.5) is 0 Å². The maximum Gasteiger partial charge on any atom is 0.119 e. The van der Waals surface area contributed by atoms with E-state index in [0.29, 0.717) is 5.75 Å². The number of aromatic hydroxyl groups is 1. The van der Waals surface area contributed by atoms with Gasteiger partial charge in [-0.25, -0.2) is 0 Å². The first-order valence-electron chi connectivity index (χ1n) is 7.75. The molecule has 0 fully saturated rings. The van der Waals surface area contributed by atoms with Crippen LogP contribution in [0, 0.1) is 0 Å². The van der Waals surface area contributed by atoms with Crippen LogP contribution in [0.5, 0.6) is 5.75 Å². The molecule has 1 heteroatoms. The van der Waals surface area contributed by atoms with Gasteiger partial charge in [-0.15, -0.1) is 6.58 Å². The normalized spacial score (nSPS) is 9.57. The molecule has 0 unspecified atom stereocenters. The Morgan fingerprint density at radius 1 is 0.696 bits per heavy atom. The average molecular weight is 302 g/mol. The summed E-state index contributed by atoms with van der Waals surface area (Å²) in [5.74, 6) is 0.349. The van der Waals surface area contributed by atoms with Gasteiger partial charge in [-0.1, -0.05) is 84.9 Å². The smallest absolute Gasteiger partial charge is 0.119 e. The molecule has 3 aromatic rings. The molecule has 0 aliphatic rings. The number of rotatable bonds is 4. The lowest BCUT2D eigenvalue weighted by Gasteiger charge is -2.00. The Balaban J connectivity index is 0.000000174. The van der Waals surface area contributed by atoms with Gasteiger partial charge in [0.1, 0.15) is 5.75 Å². The zero-order valence-corrected chi connectivity index (χ0v) is 13.2. The van der Waals surface area contributed by atoms with Gasteiger partial charge in [0.15, 0.2) is 0 Å². The van der Waals surface area contributed by atoms with E-state index in [2.05, 4.69) is 67.2 Å². The molecule has 3 aromatic carbocycles. The molecule has 0 atom stereocenters. The van der Waals surface area contributed by atoms with Gasteiger partial charge in [0.25, 0.3) is 0 Å². The lowest BCUT2D eigenvalue weighted by molar-refractivity contribution is 0.470. The minimum atomic E-state index is 0.349. The summed E-state index contributed by atoms with van der Waals surface area (Å²) in [5, 5.41) is 9.19. The second-order valence-corrected chi connectivity index (χ2v) is 5.27. The van der Waals surface area contributed by atoms with Crippen molar-refractivity contribution in [3.8, 4) is 5.75 Å². The third kappa shape index (κ3) is 5.84. The molecule has 0 aliphatic heterocycles. The Morgan fingerprint density at radius 2 is 1.17 bits per heavy atom. The highest BCUT2D eigenvalue weighted by Gasteiger charge is 1.94. The van der Waals surface area contributed by atoms with E-state index in [1.165, 1.54) is 11.1 Å². The van der Waals surface area contributed by atoms with Crippen LogP contribution in [0.15, 0.2) is 97.6 Å². The highest BCUT2D eigenvalue weighted by molar-refractivity contribution is 5.32. The lowest BCUT2D eigenvalue weighted by atomic mass is 10.1. The van der Waals surface area contributed by atoms with Crippen molar-refractivity contribution in [3.63, 3.8) is 0 Å². The van der Waals surface area contributed by atoms with Crippen molar-refractivity contribution >= 4 is 0 Å². The van der Waals surface area contributed by atoms with E-state index in [9.17, 15) is 5.11 Å². The van der Waals surface area contributed by atoms with Gasteiger partial charge in [0.2, 0.25) is 0 Å². The summed E-state index contributed by atoms with van der Waals surface area (Å²) in [6.07, 6.45) is 3.53. The number of hydrogen-bond donors (Lipinski definition) is 1. The van der Waals surface area contributed by atoms with Crippen molar-refractivity contribution in [2.24, 2.45) is 0 Å². The van der Waals surface area contributed by atoms with Crippen LogP contribution in [0.2, 0.25) is 0 Å². The van der Waals surface area contributed by atoms with Gasteiger partial charge in [0, 0.05) is 0 Å². The zero-order chi connectivity index (χ0) is 16.3. The van der Waals surface area contributed by atoms with Gasteiger partial charge in [0.05, 0.1) is 0 Å². The number of phenolic OH excluding ortho intramolecular Hbond substituents is 1. The van der Waals surface area contributed by atoms with E-state index < -0.39 is 0 Å². The number of para-hydroxylation sites is 1. The van der Waals surface area contributed by atoms with Crippen molar-refractivity contribution in [2.75, 3.05) is 0 Å². The number of phenols is 1. The molecule has 0 aromatic heterocycles. The van der Waals surface area contributed by atoms with Gasteiger partial charge in [-0.05, 0) is 35.6 Å². The Morgan fingerprint density at radius 3 is 1.65 bits per heavy atom. The van der Waals surface area contributed by atoms with Crippen molar-refractivity contribution in [1.29, 1.82) is 0 Å². The number of benzene rings is 3. The molecule has 116 valence electrons. The van der Waals surface area contributed by atoms with E-state index in [1.807, 2.05) is 18.2 Å². The van der Waals surface area contributed by atoms with Gasteiger partial charge < -0.3 is 5.11 Å². The molecule has 0 saturated heterocycles. The van der Waals surface area contributed by atoms with Crippen LogP contribution in [0.25, 0.3) is 0 Å². The fourth-order valence-corrected chi connectivity index (χ4v) is 2.27. The van der Waals surface area contributed by atoms with Crippen LogP contribution in [-0.2, 0) is 12.8 Å². The average Bonchev–Trinajstić information content (AvgIpc) is 2.60. The Kier molecular flexibility index (Phi) is 6.67. The molecule has 0 bridgehead atoms. The largest absolute Gasteiger partial charge is 0.508 e. The summed E-state index contributed by atoms with van der Waals surface area (Å²) < 4.78 is 0. The first-order chi connectivity index (χ1) is 11.3. The highest BCUT2D eigenvalue weighted by Crippen LogP contribution is 2.15. The number of allylic oxidation sites excluding steroid dienone is 1. The second kappa shape index (κ2) is 9.26. The molecule has 0 spiro atoms. The molecule has 3 rings (SSSR count). The predicted octanol–water partition coefficient (Wildman–Crippen LogP) is 5.40. The lowest BCUT2D eigenvalue weighted by Crippen LogP contribution is -1.85. The van der Waals surface area contributed by atoms with Crippen LogP contribution >= 0.6 is 0 Å². The third-order valence-electron chi connectivity index (χ3n) is 3.45. The molecule has 0 amide bonds. The minimum Gasteiger partial charge on any atom is -0.508 e. The van der Waals surface area contributed by atoms with Crippen LogP contribution in [0.3, 0.4) is 0 Å². The standard InChI is InChI=1S/C13H12.C9H10O/c1-3-7-12(8-4-1)11-13-9-5-2-6-10-13;1-2-5-8-6-3-4-7-9(8)10/h1-10H,11H2;2-4,6-7,10H,1,5H2. The van der Waals surface area contributed by atoms with Crippen LogP contribution in [-0.4, -0.2) is 5.11 Å². The molecule has 0 radical (unpaired) electrons. The van der Waals surface area contributed by atoms with Gasteiger partial charge in [-0.2, -0.15) is 0 Å². The molecule has 0 saturated carbocycles. The van der Waals surface area contributed by atoms with E-state index in [-0.39, 0.29) is 0 Å². The first-order valence-corrected chi connectivity index (χ1v) is 7.75. The molecular formula is C22H22O. The predicted molar refractivity (Wildman–Crippen MR) is 97.7 cm³/mol. The van der Waals surface area contributed by atoms with Gasteiger partial charge >= 0.3 is 0 Å². The molecule has 23 heavy (non-hydrogen) atoms. The van der Waals surface area contributed by atoms with Crippen molar-refractivity contribution in [3.05, 3.63) is 114 Å². The fraction of sp³-hybridized carbons (Fsp3) is 0.0909. The molecule has 0 heterocycles. The topological polar surface area (TPSA) is 20.2 Å². The van der Waals surface area contributed by atoms with E-state index in [1.54, 1.807) is 12.1 Å². The minimum absolute atomic E-state index is 0.349. The van der Waals surface area contributed by atoms with E-state index in [4.69, 9.17) is 0 Å². The van der Waals surface area contributed by atoms with Crippen LogP contribution in [0.1, 0.15) is 16.7 Å². The summed E-state index contributed by atoms with van der Waals surface area (Å²) >= 11 is 0. The van der Waals surface area contributed by atoms with Crippen molar-refractivity contribution in [2.45, 2.75) is 12.8 Å². The monoisotopic (exact) mass is 302 g/mol. The summed E-state index contributed by atoms with van der Waals surface area (Å²) in [6, 6.07) is 28.3. The fourth-order valence-electron chi connectivity index (χ4n) is 2.27. The van der Waals surface area contributed by atoms with E-state index in [0.717, 1.165) is 18.4 Å². The van der Waals surface area contributed by atoms with Crippen molar-refractivity contribution in [1.82, 2.24) is 0 Å². The summed E-state index contributed by atoms with van der Waals surface area (Å²) in [4.78, 5) is 0. The Bertz CT molecular complexity index is 665. The highest BCUT2D eigenvalue weighted by atomic mass is 16.3. The summed E-state index contributed by atoms with van der Waals surface area (Å²) in [6.45, 7) is 3.59. The van der Waals surface area contributed by atoms with E-state index >= 15 is 0 Å². The molecular weight excluding hydrogens is 280 g/mol. The maximum atomic E-state index is 9.19. The van der Waals surface area contributed by atoms with Crippen molar-refractivity contribution < 1.29 is 5.11 Å². The van der Waals surface area contributed by atoms with Crippen LogP contribution < -0.4 is 0 Å². The Labute approximate surface area is 138 Å².